The average molecular weight is 397 g/mol. The van der Waals surface area contributed by atoms with Gasteiger partial charge in [0.25, 0.3) is 0 Å². The third-order valence-electron chi connectivity index (χ3n) is 5.10. The second-order valence-electron chi connectivity index (χ2n) is 7.14. The van der Waals surface area contributed by atoms with Crippen LogP contribution >= 0.6 is 11.6 Å². The number of hydrogen-bond donors (Lipinski definition) is 1. The summed E-state index contributed by atoms with van der Waals surface area (Å²) in [5, 5.41) is 3.69. The first-order valence-electron chi connectivity index (χ1n) is 9.57. The van der Waals surface area contributed by atoms with E-state index in [1.807, 2.05) is 55.5 Å². The van der Waals surface area contributed by atoms with Gasteiger partial charge in [-0.3, -0.25) is 9.59 Å². The van der Waals surface area contributed by atoms with E-state index in [2.05, 4.69) is 5.32 Å². The van der Waals surface area contributed by atoms with Gasteiger partial charge in [-0.15, -0.1) is 0 Å². The number of aryl methyl sites for hydroxylation is 1. The van der Waals surface area contributed by atoms with Gasteiger partial charge in [-0.25, -0.2) is 0 Å². The third-order valence-corrected chi connectivity index (χ3v) is 5.51. The zero-order chi connectivity index (χ0) is 19.9. The van der Waals surface area contributed by atoms with Crippen molar-refractivity contribution in [2.24, 2.45) is 5.92 Å². The minimum atomic E-state index is -0.0346. The molecular formula is C23H25ClN2O2. The Kier molecular flexibility index (Phi) is 6.88. The molecule has 2 aromatic carbocycles. The zero-order valence-electron chi connectivity index (χ0n) is 16.0. The van der Waals surface area contributed by atoms with E-state index in [1.54, 1.807) is 17.1 Å². The fourth-order valence-corrected chi connectivity index (χ4v) is 3.47. The van der Waals surface area contributed by atoms with Gasteiger partial charge in [0.15, 0.2) is 0 Å². The molecule has 28 heavy (non-hydrogen) atoms. The molecule has 0 unspecified atom stereocenters. The molecule has 2 aromatic rings. The molecule has 5 heteroatoms. The van der Waals surface area contributed by atoms with Crippen molar-refractivity contribution >= 4 is 29.5 Å². The van der Waals surface area contributed by atoms with Crippen LogP contribution in [0.5, 0.6) is 0 Å². The highest BCUT2D eigenvalue weighted by Gasteiger charge is 2.26. The maximum atomic E-state index is 12.4. The lowest BCUT2D eigenvalue weighted by Crippen LogP contribution is -2.42. The lowest BCUT2D eigenvalue weighted by molar-refractivity contribution is -0.132. The maximum absolute atomic E-state index is 12.4. The molecule has 1 saturated heterocycles. The fourth-order valence-electron chi connectivity index (χ4n) is 3.28. The number of rotatable bonds is 5. The summed E-state index contributed by atoms with van der Waals surface area (Å²) in [6.45, 7) is 3.68. The summed E-state index contributed by atoms with van der Waals surface area (Å²) < 4.78 is 0. The van der Waals surface area contributed by atoms with Crippen LogP contribution in [0, 0.1) is 12.8 Å². The first kappa shape index (κ1) is 20.2. The Hall–Kier alpha value is -2.59. The number of nitrogens with zero attached hydrogens (tertiary/aromatic N) is 1. The van der Waals surface area contributed by atoms with Crippen LogP contribution in [0.4, 0.5) is 0 Å². The highest BCUT2D eigenvalue weighted by Crippen LogP contribution is 2.20. The molecule has 0 bridgehead atoms. The van der Waals surface area contributed by atoms with Crippen molar-refractivity contribution in [3.05, 3.63) is 76.3 Å². The van der Waals surface area contributed by atoms with Crippen LogP contribution in [0.2, 0.25) is 5.02 Å². The van der Waals surface area contributed by atoms with Gasteiger partial charge < -0.3 is 10.2 Å². The Balaban J connectivity index is 1.46. The molecular weight excluding hydrogens is 372 g/mol. The summed E-state index contributed by atoms with van der Waals surface area (Å²) >= 11 is 6.12. The second kappa shape index (κ2) is 9.56. The van der Waals surface area contributed by atoms with Gasteiger partial charge in [-0.05, 0) is 48.6 Å². The number of amides is 2. The minimum absolute atomic E-state index is 0.0279. The van der Waals surface area contributed by atoms with Crippen LogP contribution in [0.25, 0.3) is 6.08 Å². The first-order chi connectivity index (χ1) is 13.5. The number of nitrogens with one attached hydrogen (secondary N) is 1. The molecule has 0 atom stereocenters. The van der Waals surface area contributed by atoms with Gasteiger partial charge in [0.1, 0.15) is 0 Å². The van der Waals surface area contributed by atoms with E-state index >= 15 is 0 Å². The highest BCUT2D eigenvalue weighted by molar-refractivity contribution is 6.31. The topological polar surface area (TPSA) is 49.4 Å². The number of piperidine rings is 1. The van der Waals surface area contributed by atoms with E-state index in [1.165, 1.54) is 0 Å². The Bertz CT molecular complexity index is 856. The molecule has 4 nitrogen and oxygen atoms in total. The molecule has 1 aliphatic rings. The zero-order valence-corrected chi connectivity index (χ0v) is 16.8. The normalized spacial score (nSPS) is 15.0. The number of carbonyl (C=O) groups excluding carboxylic acids is 2. The quantitative estimate of drug-likeness (QED) is 0.769. The number of likely N-dealkylation sites (tertiary alicyclic amines) is 1. The van der Waals surface area contributed by atoms with Gasteiger partial charge in [0, 0.05) is 36.7 Å². The van der Waals surface area contributed by atoms with Crippen LogP contribution in [-0.4, -0.2) is 29.8 Å². The van der Waals surface area contributed by atoms with Crippen molar-refractivity contribution in [3.63, 3.8) is 0 Å². The van der Waals surface area contributed by atoms with Gasteiger partial charge in [-0.1, -0.05) is 54.1 Å². The number of hydrogen-bond acceptors (Lipinski definition) is 2. The van der Waals surface area contributed by atoms with E-state index in [0.29, 0.717) is 37.5 Å². The molecule has 1 fully saturated rings. The Labute approximate surface area is 171 Å². The number of halogens is 1. The lowest BCUT2D eigenvalue weighted by atomic mass is 9.95. The second-order valence-corrected chi connectivity index (χ2v) is 7.55. The van der Waals surface area contributed by atoms with Crippen LogP contribution in [0.15, 0.2) is 54.6 Å². The summed E-state index contributed by atoms with van der Waals surface area (Å²) in [5.41, 5.74) is 3.00. The molecule has 1 heterocycles. The molecule has 146 valence electrons. The smallest absolute Gasteiger partial charge is 0.246 e. The molecule has 1 aliphatic heterocycles. The first-order valence-corrected chi connectivity index (χ1v) is 9.95. The summed E-state index contributed by atoms with van der Waals surface area (Å²) in [4.78, 5) is 26.6. The van der Waals surface area contributed by atoms with Crippen molar-refractivity contribution in [2.45, 2.75) is 26.3 Å². The molecule has 0 aliphatic carbocycles. The van der Waals surface area contributed by atoms with Crippen molar-refractivity contribution in [1.29, 1.82) is 0 Å². The molecule has 1 N–H and O–H groups in total. The summed E-state index contributed by atoms with van der Waals surface area (Å²) in [6, 6.07) is 15.6. The van der Waals surface area contributed by atoms with Crippen LogP contribution in [-0.2, 0) is 16.1 Å². The third kappa shape index (κ3) is 5.46. The Morgan fingerprint density at radius 3 is 2.54 bits per heavy atom. The van der Waals surface area contributed by atoms with E-state index in [4.69, 9.17) is 11.6 Å². The molecule has 2 amide bonds. The predicted octanol–water partition coefficient (Wildman–Crippen LogP) is 4.22. The van der Waals surface area contributed by atoms with E-state index in [0.717, 1.165) is 16.7 Å². The van der Waals surface area contributed by atoms with Crippen LogP contribution in [0.3, 0.4) is 0 Å². The van der Waals surface area contributed by atoms with E-state index in [9.17, 15) is 9.59 Å². The van der Waals surface area contributed by atoms with Gasteiger partial charge in [0.05, 0.1) is 0 Å². The summed E-state index contributed by atoms with van der Waals surface area (Å²) in [7, 11) is 0. The van der Waals surface area contributed by atoms with Crippen LogP contribution in [0.1, 0.15) is 29.5 Å². The van der Waals surface area contributed by atoms with Gasteiger partial charge in [0.2, 0.25) is 11.8 Å². The van der Waals surface area contributed by atoms with Crippen molar-refractivity contribution in [2.75, 3.05) is 13.1 Å². The fraction of sp³-hybridized carbons (Fsp3) is 0.304. The largest absolute Gasteiger partial charge is 0.352 e. The van der Waals surface area contributed by atoms with Crippen molar-refractivity contribution in [1.82, 2.24) is 10.2 Å². The monoisotopic (exact) mass is 396 g/mol. The number of benzene rings is 2. The minimum Gasteiger partial charge on any atom is -0.352 e. The Morgan fingerprint density at radius 2 is 1.86 bits per heavy atom. The van der Waals surface area contributed by atoms with Crippen molar-refractivity contribution < 1.29 is 9.59 Å². The lowest BCUT2D eigenvalue weighted by Gasteiger charge is -2.30. The standard InChI is InChI=1S/C23H25ClN2O2/c1-17-7-8-18(15-21(17)24)9-10-22(27)26-13-11-20(12-14-26)23(28)25-16-19-5-3-2-4-6-19/h2-10,15,20H,11-14,16H2,1H3,(H,25,28). The summed E-state index contributed by atoms with van der Waals surface area (Å²) in [6.07, 6.45) is 4.75. The molecule has 0 saturated carbocycles. The molecule has 3 rings (SSSR count). The summed E-state index contributed by atoms with van der Waals surface area (Å²) in [5.74, 6) is 0.00767. The SMILES string of the molecule is Cc1ccc(C=CC(=O)N2CCC(C(=O)NCc3ccccc3)CC2)cc1Cl. The van der Waals surface area contributed by atoms with Crippen molar-refractivity contribution in [3.8, 4) is 0 Å². The molecule has 0 spiro atoms. The van der Waals surface area contributed by atoms with Gasteiger partial charge in [-0.2, -0.15) is 0 Å². The Morgan fingerprint density at radius 1 is 1.14 bits per heavy atom. The van der Waals surface area contributed by atoms with E-state index in [-0.39, 0.29) is 17.7 Å². The maximum Gasteiger partial charge on any atom is 0.246 e. The average Bonchev–Trinajstić information content (AvgIpc) is 2.73. The number of carbonyl (C=O) groups is 2. The van der Waals surface area contributed by atoms with Crippen LogP contribution < -0.4 is 5.32 Å². The van der Waals surface area contributed by atoms with E-state index < -0.39 is 0 Å². The predicted molar refractivity (Wildman–Crippen MR) is 113 cm³/mol. The molecule has 0 radical (unpaired) electrons. The molecule has 0 aromatic heterocycles. The van der Waals surface area contributed by atoms with Gasteiger partial charge >= 0.3 is 0 Å². The highest BCUT2D eigenvalue weighted by atomic mass is 35.5.